The van der Waals surface area contributed by atoms with E-state index in [1.807, 2.05) is 42.2 Å². The van der Waals surface area contributed by atoms with Crippen molar-refractivity contribution in [2.24, 2.45) is 0 Å². The number of nitrogens with one attached hydrogen (secondary N) is 1. The van der Waals surface area contributed by atoms with Gasteiger partial charge in [0.25, 0.3) is 11.6 Å². The fourth-order valence-electron chi connectivity index (χ4n) is 3.20. The van der Waals surface area contributed by atoms with Crippen molar-refractivity contribution in [3.63, 3.8) is 0 Å². The van der Waals surface area contributed by atoms with E-state index in [2.05, 4.69) is 5.32 Å². The number of carbonyl (C=O) groups excluding carboxylic acids is 2. The Hall–Kier alpha value is -3.46. The van der Waals surface area contributed by atoms with Crippen LogP contribution in [-0.4, -0.2) is 49.7 Å². The molecule has 158 valence electrons. The number of carbonyl (C=O) groups is 2. The minimum atomic E-state index is -0.789. The highest BCUT2D eigenvalue weighted by atomic mass is 16.6. The van der Waals surface area contributed by atoms with Crippen LogP contribution in [0.1, 0.15) is 28.9 Å². The van der Waals surface area contributed by atoms with Gasteiger partial charge in [-0.25, -0.2) is 4.79 Å². The lowest BCUT2D eigenvalue weighted by Crippen LogP contribution is -2.37. The van der Waals surface area contributed by atoms with Gasteiger partial charge in [0.05, 0.1) is 35.4 Å². The Bertz CT molecular complexity index is 912. The highest BCUT2D eigenvalue weighted by Gasteiger charge is 2.23. The minimum absolute atomic E-state index is 0.0509. The Labute approximate surface area is 173 Å². The summed E-state index contributed by atoms with van der Waals surface area (Å²) in [4.78, 5) is 37.3. The number of hydrogen-bond acceptors (Lipinski definition) is 7. The molecule has 0 spiro atoms. The molecule has 1 atom stereocenters. The third kappa shape index (κ3) is 5.32. The van der Waals surface area contributed by atoms with Crippen LogP contribution in [0.5, 0.6) is 0 Å². The van der Waals surface area contributed by atoms with Gasteiger partial charge in [0.2, 0.25) is 0 Å². The van der Waals surface area contributed by atoms with Crippen LogP contribution < -0.4 is 10.2 Å². The second-order valence-corrected chi connectivity index (χ2v) is 6.83. The number of benzene rings is 2. The molecule has 9 nitrogen and oxygen atoms in total. The first kappa shape index (κ1) is 21.3. The molecule has 0 unspecified atom stereocenters. The van der Waals surface area contributed by atoms with Crippen LogP contribution in [0, 0.1) is 10.1 Å². The van der Waals surface area contributed by atoms with E-state index in [1.165, 1.54) is 18.2 Å². The SMILES string of the molecule is C[C@H](NC(=O)COC(=O)c1cc([N+](=O)[O-])ccc1N1CCOCC1)c1ccccc1. The fraction of sp³-hybridized carbons (Fsp3) is 0.333. The molecule has 0 radical (unpaired) electrons. The van der Waals surface area contributed by atoms with Crippen LogP contribution in [0.4, 0.5) is 11.4 Å². The summed E-state index contributed by atoms with van der Waals surface area (Å²) >= 11 is 0. The van der Waals surface area contributed by atoms with Crippen LogP contribution in [0.15, 0.2) is 48.5 Å². The fourth-order valence-corrected chi connectivity index (χ4v) is 3.20. The summed E-state index contributed by atoms with van der Waals surface area (Å²) < 4.78 is 10.5. The van der Waals surface area contributed by atoms with E-state index in [1.54, 1.807) is 0 Å². The average molecular weight is 413 g/mol. The molecule has 1 aliphatic rings. The number of ether oxygens (including phenoxy) is 2. The van der Waals surface area contributed by atoms with Gasteiger partial charge >= 0.3 is 5.97 Å². The van der Waals surface area contributed by atoms with Gasteiger partial charge in [-0.2, -0.15) is 0 Å². The number of nitrogens with zero attached hydrogens (tertiary/aromatic N) is 2. The molecule has 2 aromatic carbocycles. The predicted molar refractivity (Wildman–Crippen MR) is 109 cm³/mol. The zero-order chi connectivity index (χ0) is 21.5. The van der Waals surface area contributed by atoms with E-state index >= 15 is 0 Å². The Morgan fingerprint density at radius 1 is 1.20 bits per heavy atom. The first-order valence-electron chi connectivity index (χ1n) is 9.58. The molecule has 0 saturated carbocycles. The molecule has 1 saturated heterocycles. The number of esters is 1. The normalized spacial score (nSPS) is 14.6. The molecule has 1 heterocycles. The monoisotopic (exact) mass is 413 g/mol. The zero-order valence-electron chi connectivity index (χ0n) is 16.6. The van der Waals surface area contributed by atoms with Gasteiger partial charge in [0.15, 0.2) is 6.61 Å². The topological polar surface area (TPSA) is 111 Å². The molecule has 1 aliphatic heterocycles. The van der Waals surface area contributed by atoms with Crippen LogP contribution in [0.3, 0.4) is 0 Å². The average Bonchev–Trinajstić information content (AvgIpc) is 2.78. The standard InChI is InChI=1S/C21H23N3O6/c1-15(16-5-3-2-4-6-16)22-20(25)14-30-21(26)18-13-17(24(27)28)7-8-19(18)23-9-11-29-12-10-23/h2-8,13,15H,9-12,14H2,1H3,(H,22,25)/t15-/m0/s1. The second-order valence-electron chi connectivity index (χ2n) is 6.83. The summed E-state index contributed by atoms with van der Waals surface area (Å²) in [5.41, 5.74) is 1.27. The number of hydrogen-bond donors (Lipinski definition) is 1. The maximum absolute atomic E-state index is 12.7. The summed E-state index contributed by atoms with van der Waals surface area (Å²) in [6.45, 7) is 3.42. The van der Waals surface area contributed by atoms with E-state index in [0.717, 1.165) is 5.56 Å². The zero-order valence-corrected chi connectivity index (χ0v) is 16.6. The van der Waals surface area contributed by atoms with Crippen LogP contribution in [-0.2, 0) is 14.3 Å². The molecule has 1 N–H and O–H groups in total. The van der Waals surface area contributed by atoms with Crippen molar-refractivity contribution in [1.29, 1.82) is 0 Å². The van der Waals surface area contributed by atoms with E-state index in [4.69, 9.17) is 9.47 Å². The third-order valence-electron chi connectivity index (χ3n) is 4.77. The third-order valence-corrected chi connectivity index (χ3v) is 4.77. The van der Waals surface area contributed by atoms with Crippen molar-refractivity contribution >= 4 is 23.3 Å². The number of nitro groups is 1. The van der Waals surface area contributed by atoms with E-state index in [0.29, 0.717) is 32.0 Å². The lowest BCUT2D eigenvalue weighted by molar-refractivity contribution is -0.384. The van der Waals surface area contributed by atoms with E-state index < -0.39 is 23.4 Å². The molecule has 1 amide bonds. The van der Waals surface area contributed by atoms with Gasteiger partial charge in [-0.1, -0.05) is 30.3 Å². The van der Waals surface area contributed by atoms with Crippen LogP contribution in [0.2, 0.25) is 0 Å². The Kier molecular flexibility index (Phi) is 6.97. The van der Waals surface area contributed by atoms with Crippen LogP contribution in [0.25, 0.3) is 0 Å². The Morgan fingerprint density at radius 2 is 1.90 bits per heavy atom. The largest absolute Gasteiger partial charge is 0.452 e. The predicted octanol–water partition coefficient (Wildman–Crippen LogP) is 2.47. The van der Waals surface area contributed by atoms with Gasteiger partial charge in [0, 0.05) is 25.2 Å². The number of rotatable bonds is 7. The van der Waals surface area contributed by atoms with Gasteiger partial charge in [0.1, 0.15) is 0 Å². The first-order valence-corrected chi connectivity index (χ1v) is 9.58. The highest BCUT2D eigenvalue weighted by molar-refractivity contribution is 5.97. The van der Waals surface area contributed by atoms with Crippen molar-refractivity contribution in [3.8, 4) is 0 Å². The number of anilines is 1. The van der Waals surface area contributed by atoms with E-state index in [9.17, 15) is 19.7 Å². The molecule has 3 rings (SSSR count). The van der Waals surface area contributed by atoms with Crippen molar-refractivity contribution in [3.05, 3.63) is 69.8 Å². The highest BCUT2D eigenvalue weighted by Crippen LogP contribution is 2.27. The quantitative estimate of drug-likeness (QED) is 0.422. The molecular weight excluding hydrogens is 390 g/mol. The summed E-state index contributed by atoms with van der Waals surface area (Å²) in [5.74, 6) is -1.25. The molecule has 0 aromatic heterocycles. The van der Waals surface area contributed by atoms with Gasteiger partial charge in [-0.05, 0) is 18.6 Å². The van der Waals surface area contributed by atoms with Crippen molar-refractivity contribution in [1.82, 2.24) is 5.32 Å². The smallest absolute Gasteiger partial charge is 0.341 e. The van der Waals surface area contributed by atoms with Gasteiger partial charge in [-0.15, -0.1) is 0 Å². The summed E-state index contributed by atoms with van der Waals surface area (Å²) in [7, 11) is 0. The lowest BCUT2D eigenvalue weighted by Gasteiger charge is -2.30. The number of amides is 1. The maximum atomic E-state index is 12.7. The molecule has 30 heavy (non-hydrogen) atoms. The van der Waals surface area contributed by atoms with Gasteiger partial charge < -0.3 is 19.7 Å². The molecule has 9 heteroatoms. The molecular formula is C21H23N3O6. The molecule has 1 fully saturated rings. The first-order chi connectivity index (χ1) is 14.5. The molecule has 2 aromatic rings. The molecule has 0 bridgehead atoms. The summed E-state index contributed by atoms with van der Waals surface area (Å²) in [6.07, 6.45) is 0. The van der Waals surface area contributed by atoms with Gasteiger partial charge in [-0.3, -0.25) is 14.9 Å². The number of nitro benzene ring substituents is 1. The summed E-state index contributed by atoms with van der Waals surface area (Å²) in [5, 5.41) is 13.9. The van der Waals surface area contributed by atoms with Crippen molar-refractivity contribution in [2.75, 3.05) is 37.8 Å². The van der Waals surface area contributed by atoms with Crippen molar-refractivity contribution in [2.45, 2.75) is 13.0 Å². The second kappa shape index (κ2) is 9.84. The number of morpholine rings is 1. The Balaban J connectivity index is 1.68. The minimum Gasteiger partial charge on any atom is -0.452 e. The lowest BCUT2D eigenvalue weighted by atomic mass is 10.1. The van der Waals surface area contributed by atoms with Crippen LogP contribution >= 0.6 is 0 Å². The maximum Gasteiger partial charge on any atom is 0.341 e. The number of non-ortho nitro benzene ring substituents is 1. The summed E-state index contributed by atoms with van der Waals surface area (Å²) in [6, 6.07) is 13.2. The Morgan fingerprint density at radius 3 is 2.57 bits per heavy atom. The van der Waals surface area contributed by atoms with Crippen molar-refractivity contribution < 1.29 is 24.0 Å². The molecule has 0 aliphatic carbocycles. The van der Waals surface area contributed by atoms with E-state index in [-0.39, 0.29) is 17.3 Å².